The molecule has 0 saturated heterocycles. The van der Waals surface area contributed by atoms with Gasteiger partial charge in [0.1, 0.15) is 0 Å². The normalized spacial score (nSPS) is 13.8. The lowest BCUT2D eigenvalue weighted by atomic mass is 9.70. The average Bonchev–Trinajstić information content (AvgIpc) is 3.53. The summed E-state index contributed by atoms with van der Waals surface area (Å²) in [4.78, 5) is 5.46. The molecule has 0 radical (unpaired) electrons. The quantitative estimate of drug-likeness (QED) is 0.201. The third kappa shape index (κ3) is 2.89. The van der Waals surface area contributed by atoms with Crippen LogP contribution in [0.15, 0.2) is 152 Å². The lowest BCUT2D eigenvalue weighted by Gasteiger charge is -2.31. The number of nitrogens with zero attached hydrogens (tertiary/aromatic N) is 1. The first kappa shape index (κ1) is 23.1. The Morgan fingerprint density at radius 2 is 1.02 bits per heavy atom. The lowest BCUT2D eigenvalue weighted by molar-refractivity contribution is 0.794. The van der Waals surface area contributed by atoms with E-state index in [1.807, 2.05) is 0 Å². The second kappa shape index (κ2) is 8.27. The number of hydrogen-bond acceptors (Lipinski definition) is 1. The van der Waals surface area contributed by atoms with Gasteiger partial charge in [0.15, 0.2) is 0 Å². The average molecular weight is 544 g/mol. The molecule has 0 atom stereocenters. The predicted molar refractivity (Wildman–Crippen MR) is 178 cm³/mol. The Kier molecular flexibility index (Phi) is 4.44. The fourth-order valence-electron chi connectivity index (χ4n) is 8.07. The maximum absolute atomic E-state index is 5.46. The number of benzene rings is 7. The van der Waals surface area contributed by atoms with Crippen LogP contribution in [0.1, 0.15) is 22.3 Å². The second-order valence-corrected chi connectivity index (χ2v) is 11.9. The summed E-state index contributed by atoms with van der Waals surface area (Å²) in [6.45, 7) is 0. The Hall–Kier alpha value is -5.53. The third-order valence-corrected chi connectivity index (χ3v) is 9.83. The van der Waals surface area contributed by atoms with Crippen molar-refractivity contribution < 1.29 is 0 Å². The summed E-state index contributed by atoms with van der Waals surface area (Å²) in [5.74, 6) is 0. The van der Waals surface area contributed by atoms with Crippen LogP contribution in [0.2, 0.25) is 0 Å². The molecule has 1 nitrogen and oxygen atoms in total. The molecule has 2 aliphatic rings. The molecular formula is C42H25N. The van der Waals surface area contributed by atoms with Crippen LogP contribution in [0.5, 0.6) is 0 Å². The molecule has 0 aliphatic heterocycles. The van der Waals surface area contributed by atoms with E-state index in [9.17, 15) is 0 Å². The molecule has 2 aliphatic carbocycles. The zero-order chi connectivity index (χ0) is 28.1. The highest BCUT2D eigenvalue weighted by atomic mass is 14.7. The van der Waals surface area contributed by atoms with E-state index in [4.69, 9.17) is 4.98 Å². The summed E-state index contributed by atoms with van der Waals surface area (Å²) in [5, 5.41) is 6.21. The van der Waals surface area contributed by atoms with Crippen LogP contribution in [-0.4, -0.2) is 4.98 Å². The van der Waals surface area contributed by atoms with Gasteiger partial charge in [-0.25, -0.2) is 4.98 Å². The summed E-state index contributed by atoms with van der Waals surface area (Å²) in [6.07, 6.45) is 0. The maximum atomic E-state index is 5.46. The Labute approximate surface area is 249 Å². The van der Waals surface area contributed by atoms with E-state index in [0.717, 1.165) is 11.2 Å². The van der Waals surface area contributed by atoms with Gasteiger partial charge < -0.3 is 0 Å². The summed E-state index contributed by atoms with van der Waals surface area (Å²) in [7, 11) is 0. The van der Waals surface area contributed by atoms with Gasteiger partial charge in [0.05, 0.1) is 16.6 Å². The Morgan fingerprint density at radius 3 is 1.81 bits per heavy atom. The molecule has 0 amide bonds. The minimum absolute atomic E-state index is 0.454. The molecule has 1 heteroatoms. The molecule has 0 fully saturated rings. The van der Waals surface area contributed by atoms with Crippen molar-refractivity contribution in [3.05, 3.63) is 174 Å². The molecule has 43 heavy (non-hydrogen) atoms. The molecule has 7 aromatic carbocycles. The van der Waals surface area contributed by atoms with E-state index in [-0.39, 0.29) is 0 Å². The SMILES string of the molecule is c1ccc2c(c1)-c1ccccc1C21c2cc3ccccc3nc2-c2c1cc(-c1ccc3ccccc3c1)c1ccccc21. The molecule has 1 aromatic heterocycles. The molecule has 0 unspecified atom stereocenters. The zero-order valence-corrected chi connectivity index (χ0v) is 23.4. The number of para-hydroxylation sites is 1. The predicted octanol–water partition coefficient (Wildman–Crippen LogP) is 10.6. The Balaban J connectivity index is 1.42. The third-order valence-electron chi connectivity index (χ3n) is 9.83. The molecule has 0 saturated carbocycles. The van der Waals surface area contributed by atoms with Gasteiger partial charge in [-0.1, -0.05) is 127 Å². The van der Waals surface area contributed by atoms with Crippen LogP contribution in [0.25, 0.3) is 66.0 Å². The molecule has 0 bridgehead atoms. The van der Waals surface area contributed by atoms with Crippen LogP contribution in [0.4, 0.5) is 0 Å². The van der Waals surface area contributed by atoms with E-state index in [1.54, 1.807) is 0 Å². The van der Waals surface area contributed by atoms with Crippen molar-refractivity contribution in [3.8, 4) is 33.5 Å². The number of pyridine rings is 1. The van der Waals surface area contributed by atoms with E-state index in [2.05, 4.69) is 152 Å². The van der Waals surface area contributed by atoms with E-state index in [0.29, 0.717) is 0 Å². The number of hydrogen-bond donors (Lipinski definition) is 0. The highest BCUT2D eigenvalue weighted by Gasteiger charge is 2.53. The van der Waals surface area contributed by atoms with Gasteiger partial charge in [-0.15, -0.1) is 0 Å². The van der Waals surface area contributed by atoms with Crippen molar-refractivity contribution in [2.45, 2.75) is 5.41 Å². The van der Waals surface area contributed by atoms with Crippen molar-refractivity contribution in [3.63, 3.8) is 0 Å². The van der Waals surface area contributed by atoms with Gasteiger partial charge in [0.2, 0.25) is 0 Å². The summed E-state index contributed by atoms with van der Waals surface area (Å²) in [6, 6.07) is 55.9. The standard InChI is InChI=1S/C42H25N/c1-2-12-27-23-28(22-21-26(27)11-1)34-25-37-40(33-17-5-4-14-30(33)34)41-38(24-29-13-3-10-20-39(29)43-41)42(37)35-18-8-6-15-31(35)32-16-7-9-19-36(32)42/h1-25H. The first-order chi connectivity index (χ1) is 21.3. The van der Waals surface area contributed by atoms with Crippen LogP contribution in [-0.2, 0) is 5.41 Å². The number of aromatic nitrogens is 1. The molecule has 1 heterocycles. The van der Waals surface area contributed by atoms with Crippen molar-refractivity contribution in [1.82, 2.24) is 4.98 Å². The van der Waals surface area contributed by atoms with Crippen molar-refractivity contribution in [1.29, 1.82) is 0 Å². The molecule has 198 valence electrons. The van der Waals surface area contributed by atoms with Crippen LogP contribution < -0.4 is 0 Å². The molecule has 8 aromatic rings. The molecule has 10 rings (SSSR count). The van der Waals surface area contributed by atoms with Crippen molar-refractivity contribution >= 4 is 32.4 Å². The molecular weight excluding hydrogens is 518 g/mol. The minimum Gasteiger partial charge on any atom is -0.247 e. The van der Waals surface area contributed by atoms with E-state index < -0.39 is 5.41 Å². The fourth-order valence-corrected chi connectivity index (χ4v) is 8.07. The van der Waals surface area contributed by atoms with Crippen LogP contribution in [0, 0.1) is 0 Å². The first-order valence-corrected chi connectivity index (χ1v) is 15.0. The van der Waals surface area contributed by atoms with Gasteiger partial charge in [-0.2, -0.15) is 0 Å². The second-order valence-electron chi connectivity index (χ2n) is 11.9. The molecule has 0 N–H and O–H groups in total. The zero-order valence-electron chi connectivity index (χ0n) is 23.4. The van der Waals surface area contributed by atoms with Gasteiger partial charge in [0, 0.05) is 10.9 Å². The summed E-state index contributed by atoms with van der Waals surface area (Å²) < 4.78 is 0. The van der Waals surface area contributed by atoms with Crippen LogP contribution in [0.3, 0.4) is 0 Å². The number of rotatable bonds is 1. The summed E-state index contributed by atoms with van der Waals surface area (Å²) >= 11 is 0. The molecule has 1 spiro atoms. The first-order valence-electron chi connectivity index (χ1n) is 15.0. The smallest absolute Gasteiger partial charge is 0.0767 e. The number of fused-ring (bicyclic) bond motifs is 14. The van der Waals surface area contributed by atoms with Gasteiger partial charge in [-0.3, -0.25) is 0 Å². The van der Waals surface area contributed by atoms with E-state index in [1.165, 1.54) is 77.0 Å². The Morgan fingerprint density at radius 1 is 0.395 bits per heavy atom. The van der Waals surface area contributed by atoms with Gasteiger partial charge in [-0.05, 0) is 90.3 Å². The topological polar surface area (TPSA) is 12.9 Å². The van der Waals surface area contributed by atoms with Gasteiger partial charge in [0.25, 0.3) is 0 Å². The highest BCUT2D eigenvalue weighted by Crippen LogP contribution is 2.64. The lowest BCUT2D eigenvalue weighted by Crippen LogP contribution is -2.26. The maximum Gasteiger partial charge on any atom is 0.0767 e. The van der Waals surface area contributed by atoms with Crippen molar-refractivity contribution in [2.24, 2.45) is 0 Å². The van der Waals surface area contributed by atoms with Crippen LogP contribution >= 0.6 is 0 Å². The largest absolute Gasteiger partial charge is 0.247 e. The minimum atomic E-state index is -0.454. The summed E-state index contributed by atoms with van der Waals surface area (Å²) in [5.41, 5.74) is 13.3. The van der Waals surface area contributed by atoms with Gasteiger partial charge >= 0.3 is 0 Å². The Bertz CT molecular complexity index is 2420. The van der Waals surface area contributed by atoms with E-state index >= 15 is 0 Å². The fraction of sp³-hybridized carbons (Fsp3) is 0.0238. The van der Waals surface area contributed by atoms with Crippen molar-refractivity contribution in [2.75, 3.05) is 0 Å². The highest BCUT2D eigenvalue weighted by molar-refractivity contribution is 6.11. The monoisotopic (exact) mass is 543 g/mol.